The Morgan fingerprint density at radius 2 is 1.67 bits per heavy atom. The van der Waals surface area contributed by atoms with Gasteiger partial charge in [-0.05, 0) is 16.2 Å². The van der Waals surface area contributed by atoms with Gasteiger partial charge in [0.1, 0.15) is 6.54 Å². The normalized spacial score (nSPS) is 11.5. The molecule has 0 saturated carbocycles. The average Bonchev–Trinajstić information content (AvgIpc) is 3.03. The van der Waals surface area contributed by atoms with Crippen molar-refractivity contribution in [2.45, 2.75) is 32.7 Å². The first-order valence-electron chi connectivity index (χ1n) is 7.90. The van der Waals surface area contributed by atoms with Crippen molar-refractivity contribution in [1.82, 2.24) is 20.2 Å². The maximum atomic E-state index is 12.4. The summed E-state index contributed by atoms with van der Waals surface area (Å²) in [5.41, 5.74) is 2.80. The molecule has 0 aliphatic heterocycles. The lowest BCUT2D eigenvalue weighted by atomic mass is 9.86. The van der Waals surface area contributed by atoms with Crippen molar-refractivity contribution in [2.75, 3.05) is 0 Å². The van der Waals surface area contributed by atoms with Gasteiger partial charge in [0.15, 0.2) is 5.78 Å². The Balaban J connectivity index is 1.72. The number of carbonyl (C=O) groups excluding carboxylic acids is 1. The van der Waals surface area contributed by atoms with Crippen molar-refractivity contribution in [3.05, 3.63) is 65.7 Å². The van der Waals surface area contributed by atoms with Crippen LogP contribution in [0.25, 0.3) is 11.4 Å². The molecule has 0 atom stereocenters. The summed E-state index contributed by atoms with van der Waals surface area (Å²) in [4.78, 5) is 13.7. The minimum atomic E-state index is -0.0347. The number of hydrogen-bond donors (Lipinski definition) is 0. The molecule has 0 fully saturated rings. The Hall–Kier alpha value is -2.82. The van der Waals surface area contributed by atoms with Crippen LogP contribution in [0.1, 0.15) is 36.7 Å². The molecule has 1 heterocycles. The Labute approximate surface area is 141 Å². The minimum absolute atomic E-state index is 0.0347. The van der Waals surface area contributed by atoms with Gasteiger partial charge < -0.3 is 0 Å². The summed E-state index contributed by atoms with van der Waals surface area (Å²) in [6.45, 7) is 6.52. The highest BCUT2D eigenvalue weighted by molar-refractivity contribution is 5.95. The number of nitrogens with zero attached hydrogens (tertiary/aromatic N) is 4. The highest BCUT2D eigenvalue weighted by atomic mass is 16.1. The van der Waals surface area contributed by atoms with E-state index in [4.69, 9.17) is 0 Å². The molecule has 0 bridgehead atoms. The van der Waals surface area contributed by atoms with E-state index in [1.807, 2.05) is 54.6 Å². The standard InChI is InChI=1S/C19H20N4O/c1-19(2,3)16-11-9-14(10-12-16)17(24)13-23-21-18(20-22-23)15-7-5-4-6-8-15/h4-12H,13H2,1-3H3. The SMILES string of the molecule is CC(C)(C)c1ccc(C(=O)Cn2nnc(-c3ccccc3)n2)cc1. The Bertz CT molecular complexity index is 830. The summed E-state index contributed by atoms with van der Waals surface area (Å²) >= 11 is 0. The van der Waals surface area contributed by atoms with Crippen molar-refractivity contribution in [2.24, 2.45) is 0 Å². The fraction of sp³-hybridized carbons (Fsp3) is 0.263. The molecule has 0 unspecified atom stereocenters. The second kappa shape index (κ2) is 6.35. The van der Waals surface area contributed by atoms with Gasteiger partial charge in [-0.3, -0.25) is 4.79 Å². The number of aromatic nitrogens is 4. The Morgan fingerprint density at radius 1 is 1.00 bits per heavy atom. The zero-order chi connectivity index (χ0) is 17.2. The van der Waals surface area contributed by atoms with Gasteiger partial charge >= 0.3 is 0 Å². The highest BCUT2D eigenvalue weighted by Crippen LogP contribution is 2.22. The van der Waals surface area contributed by atoms with Crippen molar-refractivity contribution in [3.63, 3.8) is 0 Å². The fourth-order valence-corrected chi connectivity index (χ4v) is 2.39. The van der Waals surface area contributed by atoms with Gasteiger partial charge in [-0.1, -0.05) is 75.4 Å². The Kier molecular flexibility index (Phi) is 4.25. The third-order valence-corrected chi connectivity index (χ3v) is 3.84. The molecule has 0 radical (unpaired) electrons. The van der Waals surface area contributed by atoms with E-state index in [9.17, 15) is 4.79 Å². The number of hydrogen-bond acceptors (Lipinski definition) is 4. The van der Waals surface area contributed by atoms with Crippen molar-refractivity contribution in [1.29, 1.82) is 0 Å². The van der Waals surface area contributed by atoms with E-state index in [1.165, 1.54) is 10.4 Å². The largest absolute Gasteiger partial charge is 0.292 e. The van der Waals surface area contributed by atoms with E-state index in [1.54, 1.807) is 0 Å². The maximum Gasteiger partial charge on any atom is 0.204 e. The third-order valence-electron chi connectivity index (χ3n) is 3.84. The van der Waals surface area contributed by atoms with E-state index in [0.29, 0.717) is 11.4 Å². The van der Waals surface area contributed by atoms with Crippen molar-refractivity contribution >= 4 is 5.78 Å². The first-order valence-corrected chi connectivity index (χ1v) is 7.90. The smallest absolute Gasteiger partial charge is 0.204 e. The molecule has 2 aromatic carbocycles. The minimum Gasteiger partial charge on any atom is -0.292 e. The molecule has 0 amide bonds. The third kappa shape index (κ3) is 3.56. The average molecular weight is 320 g/mol. The topological polar surface area (TPSA) is 60.7 Å². The van der Waals surface area contributed by atoms with Crippen LogP contribution in [-0.4, -0.2) is 26.0 Å². The van der Waals surface area contributed by atoms with Crippen LogP contribution < -0.4 is 0 Å². The van der Waals surface area contributed by atoms with Gasteiger partial charge in [-0.15, -0.1) is 10.2 Å². The van der Waals surface area contributed by atoms with Crippen LogP contribution in [0.2, 0.25) is 0 Å². The van der Waals surface area contributed by atoms with Gasteiger partial charge in [-0.25, -0.2) is 0 Å². The van der Waals surface area contributed by atoms with E-state index < -0.39 is 0 Å². The lowest BCUT2D eigenvalue weighted by Gasteiger charge is -2.18. The molecule has 0 saturated heterocycles. The van der Waals surface area contributed by atoms with E-state index in [2.05, 4.69) is 36.2 Å². The number of rotatable bonds is 4. The van der Waals surface area contributed by atoms with Gasteiger partial charge in [0.2, 0.25) is 5.82 Å². The highest BCUT2D eigenvalue weighted by Gasteiger charge is 2.15. The monoisotopic (exact) mass is 320 g/mol. The molecule has 0 aliphatic carbocycles. The summed E-state index contributed by atoms with van der Waals surface area (Å²) in [5, 5.41) is 12.3. The molecule has 5 nitrogen and oxygen atoms in total. The van der Waals surface area contributed by atoms with Crippen LogP contribution in [0, 0.1) is 0 Å². The van der Waals surface area contributed by atoms with Crippen LogP contribution in [-0.2, 0) is 12.0 Å². The molecule has 0 spiro atoms. The van der Waals surface area contributed by atoms with E-state index >= 15 is 0 Å². The summed E-state index contributed by atoms with van der Waals surface area (Å²) in [5.74, 6) is 0.485. The molecule has 3 aromatic rings. The summed E-state index contributed by atoms with van der Waals surface area (Å²) in [7, 11) is 0. The molecular formula is C19H20N4O. The quantitative estimate of drug-likeness (QED) is 0.690. The van der Waals surface area contributed by atoms with Crippen LogP contribution in [0.4, 0.5) is 0 Å². The molecule has 0 N–H and O–H groups in total. The van der Waals surface area contributed by atoms with Gasteiger partial charge in [0, 0.05) is 11.1 Å². The molecule has 122 valence electrons. The van der Waals surface area contributed by atoms with Crippen LogP contribution in [0.15, 0.2) is 54.6 Å². The lowest BCUT2D eigenvalue weighted by molar-refractivity contribution is 0.0961. The second-order valence-corrected chi connectivity index (χ2v) is 6.76. The van der Waals surface area contributed by atoms with Gasteiger partial charge in [0.25, 0.3) is 0 Å². The maximum absolute atomic E-state index is 12.4. The van der Waals surface area contributed by atoms with Crippen molar-refractivity contribution < 1.29 is 4.79 Å². The summed E-state index contributed by atoms with van der Waals surface area (Å²) < 4.78 is 0. The summed E-state index contributed by atoms with van der Waals surface area (Å²) in [6.07, 6.45) is 0. The van der Waals surface area contributed by atoms with Crippen LogP contribution in [0.5, 0.6) is 0 Å². The first kappa shape index (κ1) is 16.1. The van der Waals surface area contributed by atoms with E-state index in [-0.39, 0.29) is 17.7 Å². The molecule has 5 heteroatoms. The predicted molar refractivity (Wildman–Crippen MR) is 92.7 cm³/mol. The van der Waals surface area contributed by atoms with Crippen molar-refractivity contribution in [3.8, 4) is 11.4 Å². The predicted octanol–water partition coefficient (Wildman–Crippen LogP) is 3.52. The zero-order valence-electron chi connectivity index (χ0n) is 14.1. The fourth-order valence-electron chi connectivity index (χ4n) is 2.39. The number of carbonyl (C=O) groups is 1. The number of benzene rings is 2. The lowest BCUT2D eigenvalue weighted by Crippen LogP contribution is -2.14. The molecule has 0 aliphatic rings. The van der Waals surface area contributed by atoms with E-state index in [0.717, 1.165) is 5.56 Å². The second-order valence-electron chi connectivity index (χ2n) is 6.76. The first-order chi connectivity index (χ1) is 11.4. The summed E-state index contributed by atoms with van der Waals surface area (Å²) in [6, 6.07) is 17.3. The Morgan fingerprint density at radius 3 is 2.29 bits per heavy atom. The van der Waals surface area contributed by atoms with Crippen LogP contribution >= 0.6 is 0 Å². The number of Topliss-reactive ketones (excluding diaryl/α,β-unsaturated/α-hetero) is 1. The molecule has 24 heavy (non-hydrogen) atoms. The van der Waals surface area contributed by atoms with Gasteiger partial charge in [0.05, 0.1) is 0 Å². The van der Waals surface area contributed by atoms with Crippen LogP contribution in [0.3, 0.4) is 0 Å². The zero-order valence-corrected chi connectivity index (χ0v) is 14.1. The number of tetrazole rings is 1. The molecule has 3 rings (SSSR count). The van der Waals surface area contributed by atoms with Gasteiger partial charge in [-0.2, -0.15) is 4.80 Å². The number of ketones is 1. The molecule has 1 aromatic heterocycles. The molecular weight excluding hydrogens is 300 g/mol.